The lowest BCUT2D eigenvalue weighted by Gasteiger charge is -2.16. The number of hydrogen-bond acceptors (Lipinski definition) is 3. The summed E-state index contributed by atoms with van der Waals surface area (Å²) in [6.07, 6.45) is 0.851. The summed E-state index contributed by atoms with van der Waals surface area (Å²) in [5.41, 5.74) is 12.2. The first-order valence-electron chi connectivity index (χ1n) is 7.75. The molecule has 0 aliphatic carbocycles. The van der Waals surface area contributed by atoms with Crippen molar-refractivity contribution in [2.75, 3.05) is 25.1 Å². The van der Waals surface area contributed by atoms with Gasteiger partial charge < -0.3 is 11.1 Å². The quantitative estimate of drug-likeness (QED) is 0.606. The number of rotatable bonds is 5. The second kappa shape index (κ2) is 7.51. The summed E-state index contributed by atoms with van der Waals surface area (Å²) in [7, 11) is 3.74. The van der Waals surface area contributed by atoms with E-state index in [1.807, 2.05) is 45.3 Å². The highest BCUT2D eigenvalue weighted by molar-refractivity contribution is 6.31. The molecule has 0 saturated heterocycles. The van der Waals surface area contributed by atoms with Gasteiger partial charge in [-0.15, -0.1) is 0 Å². The second-order valence-electron chi connectivity index (χ2n) is 5.87. The van der Waals surface area contributed by atoms with Crippen LogP contribution in [0.3, 0.4) is 0 Å². The van der Waals surface area contributed by atoms with Crippen LogP contribution in [0.25, 0.3) is 0 Å². The van der Waals surface area contributed by atoms with E-state index in [-0.39, 0.29) is 0 Å². The van der Waals surface area contributed by atoms with Crippen molar-refractivity contribution in [3.63, 3.8) is 0 Å². The number of anilines is 2. The van der Waals surface area contributed by atoms with Crippen molar-refractivity contribution in [3.05, 3.63) is 58.1 Å². The Balaban J connectivity index is 2.25. The van der Waals surface area contributed by atoms with Crippen molar-refractivity contribution in [2.45, 2.75) is 26.2 Å². The molecule has 0 heterocycles. The summed E-state index contributed by atoms with van der Waals surface area (Å²) < 4.78 is 0. The number of nitrogen functional groups attached to an aromatic ring is 1. The molecular weight excluding hydrogens is 306 g/mol. The number of nitrogens with one attached hydrogen (secondary N) is 1. The third-order valence-electron chi connectivity index (χ3n) is 4.15. The minimum absolute atomic E-state index is 0.317. The fraction of sp³-hybridized carbons (Fsp3) is 0.316. The summed E-state index contributed by atoms with van der Waals surface area (Å²) >= 11 is 6.21. The SMILES string of the molecule is C/N=C(\CC(C)c1cc(Cl)cc(NC)c1)c1ccc(N)c(C)c1. The highest BCUT2D eigenvalue weighted by Crippen LogP contribution is 2.28. The van der Waals surface area contributed by atoms with Gasteiger partial charge in [-0.2, -0.15) is 0 Å². The van der Waals surface area contributed by atoms with Gasteiger partial charge in [0.25, 0.3) is 0 Å². The molecule has 2 aromatic rings. The lowest BCUT2D eigenvalue weighted by molar-refractivity contribution is 0.804. The first-order valence-corrected chi connectivity index (χ1v) is 8.12. The van der Waals surface area contributed by atoms with Crippen molar-refractivity contribution in [3.8, 4) is 0 Å². The van der Waals surface area contributed by atoms with Crippen LogP contribution in [0.5, 0.6) is 0 Å². The van der Waals surface area contributed by atoms with E-state index in [1.165, 1.54) is 5.56 Å². The average Bonchev–Trinajstić information content (AvgIpc) is 2.54. The van der Waals surface area contributed by atoms with E-state index in [2.05, 4.69) is 29.4 Å². The Labute approximate surface area is 143 Å². The predicted octanol–water partition coefficient (Wildman–Crippen LogP) is 4.89. The molecule has 2 aromatic carbocycles. The summed E-state index contributed by atoms with van der Waals surface area (Å²) in [4.78, 5) is 4.49. The van der Waals surface area contributed by atoms with Gasteiger partial charge in [0, 0.05) is 36.2 Å². The van der Waals surface area contributed by atoms with Crippen molar-refractivity contribution < 1.29 is 0 Å². The van der Waals surface area contributed by atoms with Crippen molar-refractivity contribution in [2.24, 2.45) is 4.99 Å². The lowest BCUT2D eigenvalue weighted by atomic mass is 9.91. The molecule has 4 heteroatoms. The standard InChI is InChI=1S/C19H24ClN3/c1-12(15-9-16(20)11-17(10-15)22-3)8-19(23-4)14-5-6-18(21)13(2)7-14/h5-7,9-12,22H,8,21H2,1-4H3/b23-19+. The van der Waals surface area contributed by atoms with Gasteiger partial charge in [0.05, 0.1) is 0 Å². The highest BCUT2D eigenvalue weighted by Gasteiger charge is 2.13. The summed E-state index contributed by atoms with van der Waals surface area (Å²) in [5, 5.41) is 3.89. The van der Waals surface area contributed by atoms with Crippen LogP contribution in [0.1, 0.15) is 36.0 Å². The first-order chi connectivity index (χ1) is 10.9. The predicted molar refractivity (Wildman–Crippen MR) is 102 cm³/mol. The van der Waals surface area contributed by atoms with E-state index in [9.17, 15) is 0 Å². The zero-order chi connectivity index (χ0) is 17.0. The van der Waals surface area contributed by atoms with E-state index < -0.39 is 0 Å². The fourth-order valence-electron chi connectivity index (χ4n) is 2.64. The molecule has 3 N–H and O–H groups in total. The van der Waals surface area contributed by atoms with Gasteiger partial charge in [0.1, 0.15) is 0 Å². The third-order valence-corrected chi connectivity index (χ3v) is 4.37. The molecule has 0 saturated carbocycles. The fourth-order valence-corrected chi connectivity index (χ4v) is 2.89. The molecule has 0 aromatic heterocycles. The Hall–Kier alpha value is -2.00. The molecule has 23 heavy (non-hydrogen) atoms. The third kappa shape index (κ3) is 4.26. The number of nitrogens with two attached hydrogens (primary N) is 1. The van der Waals surface area contributed by atoms with Crippen LogP contribution in [-0.4, -0.2) is 19.8 Å². The Kier molecular flexibility index (Phi) is 5.67. The van der Waals surface area contributed by atoms with E-state index in [4.69, 9.17) is 17.3 Å². The van der Waals surface area contributed by atoms with Crippen LogP contribution in [0, 0.1) is 6.92 Å². The lowest BCUT2D eigenvalue weighted by Crippen LogP contribution is -2.08. The maximum Gasteiger partial charge on any atom is 0.0429 e. The van der Waals surface area contributed by atoms with Crippen LogP contribution >= 0.6 is 11.6 Å². The van der Waals surface area contributed by atoms with Crippen LogP contribution < -0.4 is 11.1 Å². The molecule has 0 spiro atoms. The van der Waals surface area contributed by atoms with Crippen LogP contribution in [0.15, 0.2) is 41.4 Å². The van der Waals surface area contributed by atoms with Gasteiger partial charge >= 0.3 is 0 Å². The average molecular weight is 330 g/mol. The minimum atomic E-state index is 0.317. The topological polar surface area (TPSA) is 50.4 Å². The second-order valence-corrected chi connectivity index (χ2v) is 6.31. The number of nitrogens with zero attached hydrogens (tertiary/aromatic N) is 1. The molecule has 1 atom stereocenters. The van der Waals surface area contributed by atoms with Gasteiger partial charge in [-0.3, -0.25) is 4.99 Å². The van der Waals surface area contributed by atoms with Crippen LogP contribution in [0.4, 0.5) is 11.4 Å². The Morgan fingerprint density at radius 1 is 1.26 bits per heavy atom. The number of hydrogen-bond donors (Lipinski definition) is 2. The van der Waals surface area contributed by atoms with E-state index >= 15 is 0 Å². The van der Waals surface area contributed by atoms with Gasteiger partial charge in [0.2, 0.25) is 0 Å². The van der Waals surface area contributed by atoms with Crippen molar-refractivity contribution in [1.82, 2.24) is 0 Å². The molecule has 3 nitrogen and oxygen atoms in total. The molecule has 0 amide bonds. The number of aryl methyl sites for hydroxylation is 1. The maximum atomic E-state index is 6.21. The summed E-state index contributed by atoms with van der Waals surface area (Å²) in [6.45, 7) is 4.21. The molecular formula is C19H24ClN3. The van der Waals surface area contributed by atoms with Gasteiger partial charge in [-0.05, 0) is 66.3 Å². The smallest absolute Gasteiger partial charge is 0.0429 e. The largest absolute Gasteiger partial charge is 0.399 e. The monoisotopic (exact) mass is 329 g/mol. The summed E-state index contributed by atoms with van der Waals surface area (Å²) in [5.74, 6) is 0.317. The molecule has 0 bridgehead atoms. The zero-order valence-corrected chi connectivity index (χ0v) is 14.9. The van der Waals surface area contributed by atoms with Crippen molar-refractivity contribution >= 4 is 28.7 Å². The normalized spacial score (nSPS) is 13.0. The summed E-state index contributed by atoms with van der Waals surface area (Å²) in [6, 6.07) is 12.2. The Bertz CT molecular complexity index is 723. The minimum Gasteiger partial charge on any atom is -0.399 e. The van der Waals surface area contributed by atoms with Crippen LogP contribution in [0.2, 0.25) is 5.02 Å². The van der Waals surface area contributed by atoms with Crippen LogP contribution in [-0.2, 0) is 0 Å². The molecule has 1 unspecified atom stereocenters. The number of benzene rings is 2. The molecule has 2 rings (SSSR count). The molecule has 0 radical (unpaired) electrons. The van der Waals surface area contributed by atoms with E-state index in [1.54, 1.807) is 0 Å². The Morgan fingerprint density at radius 2 is 2.00 bits per heavy atom. The van der Waals surface area contributed by atoms with Gasteiger partial charge in [0.15, 0.2) is 0 Å². The van der Waals surface area contributed by atoms with E-state index in [0.717, 1.165) is 39.7 Å². The number of aliphatic imine (C=N–C) groups is 1. The zero-order valence-electron chi connectivity index (χ0n) is 14.2. The van der Waals surface area contributed by atoms with Gasteiger partial charge in [-0.1, -0.05) is 24.6 Å². The molecule has 122 valence electrons. The maximum absolute atomic E-state index is 6.21. The highest BCUT2D eigenvalue weighted by atomic mass is 35.5. The number of halogens is 1. The molecule has 0 aliphatic heterocycles. The Morgan fingerprint density at radius 3 is 2.61 bits per heavy atom. The van der Waals surface area contributed by atoms with E-state index in [0.29, 0.717) is 5.92 Å². The first kappa shape index (κ1) is 17.4. The van der Waals surface area contributed by atoms with Crippen molar-refractivity contribution in [1.29, 1.82) is 0 Å². The molecule has 0 aliphatic rings. The van der Waals surface area contributed by atoms with Gasteiger partial charge in [-0.25, -0.2) is 0 Å². The molecule has 0 fully saturated rings.